The Bertz CT molecular complexity index is 4300. The van der Waals surface area contributed by atoms with Crippen LogP contribution in [0.1, 0.15) is 0 Å². The largest absolute Gasteiger partial charge is 0.309 e. The summed E-state index contributed by atoms with van der Waals surface area (Å²) in [7, 11) is 0. The SMILES string of the molecule is c1ccc(-n2c3ccccc3c3ccc4c(c5ccccc5n4-c4cccc(-c5cccc(-c6cccc(-n7c8ccccc8c8c7ccc7c9ccccc9n(-c9ccccc9)c78)n6)n5)n4)c32)cc1. The molecule has 0 N–H and O–H groups in total. The fraction of sp³-hybridized carbons (Fsp3) is 0. The molecule has 0 atom stereocenters. The van der Waals surface area contributed by atoms with Gasteiger partial charge < -0.3 is 9.13 Å². The number of fused-ring (bicyclic) bond motifs is 14. The number of hydrogen-bond acceptors (Lipinski definition) is 3. The molecule has 15 aromatic rings. The third-order valence-electron chi connectivity index (χ3n) is 14.2. The number of nitrogens with zero attached hydrogens (tertiary/aromatic N) is 7. The molecule has 7 aromatic heterocycles. The highest BCUT2D eigenvalue weighted by atomic mass is 15.1. The van der Waals surface area contributed by atoms with Gasteiger partial charge in [0.1, 0.15) is 11.6 Å². The van der Waals surface area contributed by atoms with Crippen molar-refractivity contribution in [1.29, 1.82) is 0 Å². The van der Waals surface area contributed by atoms with E-state index in [4.69, 9.17) is 15.0 Å². The monoisotopic (exact) mass is 893 g/mol. The molecular weight excluding hydrogens is 855 g/mol. The minimum atomic E-state index is 0.770. The van der Waals surface area contributed by atoms with E-state index in [1.165, 1.54) is 65.2 Å². The van der Waals surface area contributed by atoms with Gasteiger partial charge >= 0.3 is 0 Å². The molecule has 15 rings (SSSR count). The van der Waals surface area contributed by atoms with Gasteiger partial charge in [0, 0.05) is 54.5 Å². The van der Waals surface area contributed by atoms with Gasteiger partial charge in [0.05, 0.1) is 66.9 Å². The van der Waals surface area contributed by atoms with E-state index >= 15 is 0 Å². The molecule has 0 amide bonds. The van der Waals surface area contributed by atoms with Gasteiger partial charge in [-0.15, -0.1) is 0 Å². The average molecular weight is 894 g/mol. The van der Waals surface area contributed by atoms with Crippen LogP contribution in [0, 0.1) is 0 Å². The van der Waals surface area contributed by atoms with E-state index in [0.29, 0.717) is 0 Å². The predicted octanol–water partition coefficient (Wildman–Crippen LogP) is 15.6. The van der Waals surface area contributed by atoms with E-state index in [9.17, 15) is 0 Å². The number of aromatic nitrogens is 7. The normalized spacial score (nSPS) is 12.0. The Morgan fingerprint density at radius 3 is 0.986 bits per heavy atom. The molecule has 7 nitrogen and oxygen atoms in total. The Hall–Kier alpha value is -9.59. The maximum absolute atomic E-state index is 5.39. The first-order valence-electron chi connectivity index (χ1n) is 23.7. The van der Waals surface area contributed by atoms with Crippen molar-refractivity contribution in [3.8, 4) is 45.8 Å². The van der Waals surface area contributed by atoms with Crippen LogP contribution in [0.2, 0.25) is 0 Å². The molecule has 326 valence electrons. The van der Waals surface area contributed by atoms with Gasteiger partial charge in [-0.3, -0.25) is 9.13 Å². The lowest BCUT2D eigenvalue weighted by atomic mass is 10.1. The van der Waals surface area contributed by atoms with Crippen LogP contribution in [0.25, 0.3) is 133 Å². The minimum Gasteiger partial charge on any atom is -0.309 e. The molecule has 0 saturated carbocycles. The zero-order chi connectivity index (χ0) is 45.9. The van der Waals surface area contributed by atoms with Crippen LogP contribution in [-0.2, 0) is 0 Å². The molecule has 0 unspecified atom stereocenters. The summed E-state index contributed by atoms with van der Waals surface area (Å²) in [6.07, 6.45) is 0. The number of benzene rings is 8. The fourth-order valence-corrected chi connectivity index (χ4v) is 11.3. The summed E-state index contributed by atoms with van der Waals surface area (Å²) in [6.45, 7) is 0. The smallest absolute Gasteiger partial charge is 0.138 e. The van der Waals surface area contributed by atoms with Crippen LogP contribution in [0.4, 0.5) is 0 Å². The van der Waals surface area contributed by atoms with Gasteiger partial charge in [-0.25, -0.2) is 15.0 Å². The topological polar surface area (TPSA) is 58.4 Å². The van der Waals surface area contributed by atoms with Gasteiger partial charge in [0.15, 0.2) is 0 Å². The molecule has 0 aliphatic heterocycles. The predicted molar refractivity (Wildman–Crippen MR) is 288 cm³/mol. The van der Waals surface area contributed by atoms with Crippen LogP contribution in [0.3, 0.4) is 0 Å². The molecule has 70 heavy (non-hydrogen) atoms. The van der Waals surface area contributed by atoms with Crippen molar-refractivity contribution in [2.75, 3.05) is 0 Å². The van der Waals surface area contributed by atoms with Crippen LogP contribution in [0.5, 0.6) is 0 Å². The lowest BCUT2D eigenvalue weighted by Crippen LogP contribution is -2.01. The van der Waals surface area contributed by atoms with Gasteiger partial charge in [0.25, 0.3) is 0 Å². The third-order valence-corrected chi connectivity index (χ3v) is 14.2. The summed E-state index contributed by atoms with van der Waals surface area (Å²) in [5.74, 6) is 1.65. The second-order valence-corrected chi connectivity index (χ2v) is 18.0. The number of hydrogen-bond donors (Lipinski definition) is 0. The number of rotatable bonds is 6. The first-order chi connectivity index (χ1) is 34.8. The molecule has 0 spiro atoms. The summed E-state index contributed by atoms with van der Waals surface area (Å²) in [5.41, 5.74) is 14.5. The van der Waals surface area contributed by atoms with E-state index in [-0.39, 0.29) is 0 Å². The quantitative estimate of drug-likeness (QED) is 0.167. The van der Waals surface area contributed by atoms with Crippen LogP contribution in [-0.4, -0.2) is 33.2 Å². The van der Waals surface area contributed by atoms with E-state index in [1.54, 1.807) is 0 Å². The summed E-state index contributed by atoms with van der Waals surface area (Å²) in [6, 6.07) is 83.8. The fourth-order valence-electron chi connectivity index (χ4n) is 11.3. The number of para-hydroxylation sites is 6. The summed E-state index contributed by atoms with van der Waals surface area (Å²) >= 11 is 0. The van der Waals surface area contributed by atoms with Gasteiger partial charge in [-0.1, -0.05) is 140 Å². The maximum Gasteiger partial charge on any atom is 0.138 e. The molecule has 0 radical (unpaired) electrons. The highest BCUT2D eigenvalue weighted by Gasteiger charge is 2.23. The Kier molecular flexibility index (Phi) is 8.23. The van der Waals surface area contributed by atoms with E-state index in [2.05, 4.69) is 231 Å². The first-order valence-corrected chi connectivity index (χ1v) is 23.7. The van der Waals surface area contributed by atoms with E-state index in [1.807, 2.05) is 24.3 Å². The van der Waals surface area contributed by atoms with Crippen LogP contribution >= 0.6 is 0 Å². The molecule has 0 saturated heterocycles. The van der Waals surface area contributed by atoms with E-state index < -0.39 is 0 Å². The Morgan fingerprint density at radius 2 is 0.557 bits per heavy atom. The highest BCUT2D eigenvalue weighted by Crippen LogP contribution is 2.44. The Morgan fingerprint density at radius 1 is 0.214 bits per heavy atom. The van der Waals surface area contributed by atoms with Crippen molar-refractivity contribution in [2.24, 2.45) is 0 Å². The zero-order valence-electron chi connectivity index (χ0n) is 37.6. The highest BCUT2D eigenvalue weighted by molar-refractivity contribution is 6.27. The van der Waals surface area contributed by atoms with Crippen LogP contribution < -0.4 is 0 Å². The van der Waals surface area contributed by atoms with Crippen molar-refractivity contribution in [1.82, 2.24) is 33.2 Å². The number of pyridine rings is 3. The average Bonchev–Trinajstić information content (AvgIpc) is 4.17. The Balaban J connectivity index is 0.870. The lowest BCUT2D eigenvalue weighted by molar-refractivity contribution is 1.07. The third kappa shape index (κ3) is 5.54. The lowest BCUT2D eigenvalue weighted by Gasteiger charge is -2.11. The van der Waals surface area contributed by atoms with Crippen molar-refractivity contribution in [2.45, 2.75) is 0 Å². The molecule has 0 fully saturated rings. The summed E-state index contributed by atoms with van der Waals surface area (Å²) in [4.78, 5) is 16.1. The molecule has 7 heterocycles. The van der Waals surface area contributed by atoms with Crippen LogP contribution in [0.15, 0.2) is 237 Å². The molecule has 8 aromatic carbocycles. The van der Waals surface area contributed by atoms with Crippen molar-refractivity contribution in [3.63, 3.8) is 0 Å². The van der Waals surface area contributed by atoms with E-state index in [0.717, 1.165) is 67.9 Å². The van der Waals surface area contributed by atoms with Gasteiger partial charge in [-0.2, -0.15) is 0 Å². The van der Waals surface area contributed by atoms with Crippen molar-refractivity contribution >= 4 is 87.2 Å². The van der Waals surface area contributed by atoms with Gasteiger partial charge in [-0.05, 0) is 97.1 Å². The minimum absolute atomic E-state index is 0.770. The summed E-state index contributed by atoms with van der Waals surface area (Å²) < 4.78 is 9.43. The molecule has 0 aliphatic carbocycles. The first kappa shape index (κ1) is 38.5. The second-order valence-electron chi connectivity index (χ2n) is 18.0. The maximum atomic E-state index is 5.39. The van der Waals surface area contributed by atoms with Crippen molar-refractivity contribution < 1.29 is 0 Å². The molecular formula is C63H39N7. The van der Waals surface area contributed by atoms with Gasteiger partial charge in [0.2, 0.25) is 0 Å². The second kappa shape index (κ2) is 15.0. The standard InChI is InChI=1S/C63H39N7/c1-3-18-40(19-4-1)67-52-30-11-7-22-42(52)44-36-38-56-60(62(44)67)46-24-9-13-32-54(46)69(56)58-34-16-28-50(65-58)48-26-15-27-49(64-48)51-29-17-35-59(66-51)70-55-33-14-10-25-47(55)61-57(70)39-37-45-43-23-8-12-31-53(43)68(63(45)61)41-20-5-2-6-21-41/h1-39H. The zero-order valence-corrected chi connectivity index (χ0v) is 37.6. The summed E-state index contributed by atoms with van der Waals surface area (Å²) in [5, 5.41) is 9.63. The molecule has 7 heteroatoms. The molecule has 0 bridgehead atoms. The van der Waals surface area contributed by atoms with Crippen molar-refractivity contribution in [3.05, 3.63) is 237 Å². The Labute approximate surface area is 401 Å². The molecule has 0 aliphatic rings.